The number of anilines is 2. The summed E-state index contributed by atoms with van der Waals surface area (Å²) >= 11 is 0. The highest BCUT2D eigenvalue weighted by Gasteiger charge is 2.26. The molecule has 1 aliphatic carbocycles. The molecule has 1 aliphatic heterocycles. The van der Waals surface area contributed by atoms with Crippen LogP contribution in [0.1, 0.15) is 47.7 Å². The monoisotopic (exact) mass is 379 g/mol. The highest BCUT2D eigenvalue weighted by molar-refractivity contribution is 5.93. The number of rotatable bonds is 6. The number of aromatic nitrogens is 2. The van der Waals surface area contributed by atoms with Gasteiger partial charge in [-0.2, -0.15) is 4.98 Å². The Hall–Kier alpha value is -2.63. The molecular weight excluding hydrogens is 350 g/mol. The van der Waals surface area contributed by atoms with E-state index in [1.165, 1.54) is 24.8 Å². The van der Waals surface area contributed by atoms with Crippen LogP contribution in [0.2, 0.25) is 0 Å². The summed E-state index contributed by atoms with van der Waals surface area (Å²) in [5.74, 6) is 2.43. The highest BCUT2D eigenvalue weighted by atomic mass is 16.1. The highest BCUT2D eigenvalue weighted by Crippen LogP contribution is 2.30. The van der Waals surface area contributed by atoms with Crippen LogP contribution >= 0.6 is 0 Å². The number of carbonyl (C=O) groups excluding carboxylic acids is 1. The number of hydrogen-bond acceptors (Lipinski definition) is 5. The minimum absolute atomic E-state index is 0.102. The van der Waals surface area contributed by atoms with Crippen molar-refractivity contribution < 1.29 is 4.79 Å². The molecule has 2 fully saturated rings. The number of benzene rings is 1. The van der Waals surface area contributed by atoms with Gasteiger partial charge in [-0.1, -0.05) is 30.3 Å². The Balaban J connectivity index is 1.55. The third-order valence-electron chi connectivity index (χ3n) is 5.62. The smallest absolute Gasteiger partial charge is 0.270 e. The molecule has 2 heterocycles. The number of hydrogen-bond donors (Lipinski definition) is 1. The number of amides is 1. The molecule has 1 atom stereocenters. The zero-order chi connectivity index (χ0) is 19.5. The molecule has 6 heteroatoms. The Morgan fingerprint density at radius 2 is 1.96 bits per heavy atom. The number of piperidine rings is 1. The van der Waals surface area contributed by atoms with E-state index in [1.54, 1.807) is 6.07 Å². The van der Waals surface area contributed by atoms with Gasteiger partial charge in [-0.05, 0) is 37.2 Å². The van der Waals surface area contributed by atoms with Gasteiger partial charge in [0.15, 0.2) is 0 Å². The standard InChI is InChI=1S/C22H29N5O/c1-26(2)20-13-19(21(28)23-14-16-10-11-16)24-22(25-20)27-12-6-9-18(15-27)17-7-4-3-5-8-17/h3-5,7-8,13,16,18H,6,9-12,14-15H2,1-2H3,(H,23,28)/t18-/m0/s1. The fourth-order valence-corrected chi connectivity index (χ4v) is 3.71. The van der Waals surface area contributed by atoms with E-state index in [0.29, 0.717) is 23.5 Å². The predicted molar refractivity (Wildman–Crippen MR) is 112 cm³/mol. The Bertz CT molecular complexity index is 819. The number of carbonyl (C=O) groups is 1. The van der Waals surface area contributed by atoms with Crippen molar-refractivity contribution in [2.24, 2.45) is 5.92 Å². The van der Waals surface area contributed by atoms with Crippen molar-refractivity contribution >= 4 is 17.7 Å². The van der Waals surface area contributed by atoms with Crippen molar-refractivity contribution in [2.45, 2.75) is 31.6 Å². The van der Waals surface area contributed by atoms with E-state index in [9.17, 15) is 4.79 Å². The summed E-state index contributed by atoms with van der Waals surface area (Å²) in [4.78, 5) is 26.2. The van der Waals surface area contributed by atoms with Gasteiger partial charge in [0.2, 0.25) is 5.95 Å². The lowest BCUT2D eigenvalue weighted by atomic mass is 9.91. The average molecular weight is 380 g/mol. The van der Waals surface area contributed by atoms with Gasteiger partial charge in [0.05, 0.1) is 0 Å². The van der Waals surface area contributed by atoms with E-state index in [0.717, 1.165) is 31.9 Å². The first-order valence-electron chi connectivity index (χ1n) is 10.2. The molecule has 6 nitrogen and oxygen atoms in total. The molecule has 1 saturated carbocycles. The summed E-state index contributed by atoms with van der Waals surface area (Å²) in [5.41, 5.74) is 1.81. The first-order valence-corrected chi connectivity index (χ1v) is 10.2. The molecular formula is C22H29N5O. The topological polar surface area (TPSA) is 61.4 Å². The molecule has 1 aromatic carbocycles. The lowest BCUT2D eigenvalue weighted by molar-refractivity contribution is 0.0946. The minimum Gasteiger partial charge on any atom is -0.363 e. The largest absolute Gasteiger partial charge is 0.363 e. The molecule has 1 aromatic heterocycles. The zero-order valence-corrected chi connectivity index (χ0v) is 16.8. The van der Waals surface area contributed by atoms with Crippen LogP contribution in [0.15, 0.2) is 36.4 Å². The van der Waals surface area contributed by atoms with Crippen molar-refractivity contribution in [3.63, 3.8) is 0 Å². The molecule has 1 amide bonds. The summed E-state index contributed by atoms with van der Waals surface area (Å²) in [6.45, 7) is 2.54. The van der Waals surface area contributed by atoms with Gasteiger partial charge in [-0.3, -0.25) is 4.79 Å². The Labute approximate surface area is 167 Å². The van der Waals surface area contributed by atoms with Gasteiger partial charge in [0.1, 0.15) is 11.5 Å². The van der Waals surface area contributed by atoms with Gasteiger partial charge < -0.3 is 15.1 Å². The van der Waals surface area contributed by atoms with Crippen molar-refractivity contribution in [1.29, 1.82) is 0 Å². The quantitative estimate of drug-likeness (QED) is 0.836. The van der Waals surface area contributed by atoms with Crippen LogP contribution in [0.5, 0.6) is 0 Å². The molecule has 28 heavy (non-hydrogen) atoms. The molecule has 0 spiro atoms. The predicted octanol–water partition coefficient (Wildman–Crippen LogP) is 3.07. The van der Waals surface area contributed by atoms with E-state index in [4.69, 9.17) is 4.98 Å². The summed E-state index contributed by atoms with van der Waals surface area (Å²) in [7, 11) is 3.89. The third kappa shape index (κ3) is 4.43. The Kier molecular flexibility index (Phi) is 5.46. The first-order chi connectivity index (χ1) is 13.6. The molecule has 1 saturated heterocycles. The summed E-state index contributed by atoms with van der Waals surface area (Å²) in [6, 6.07) is 12.4. The minimum atomic E-state index is -0.102. The Morgan fingerprint density at radius 3 is 2.68 bits per heavy atom. The molecule has 2 aliphatic rings. The maximum Gasteiger partial charge on any atom is 0.270 e. The first kappa shape index (κ1) is 18.7. The van der Waals surface area contributed by atoms with Crippen molar-refractivity contribution in [1.82, 2.24) is 15.3 Å². The fourth-order valence-electron chi connectivity index (χ4n) is 3.71. The maximum absolute atomic E-state index is 12.6. The van der Waals surface area contributed by atoms with Gasteiger partial charge in [0.25, 0.3) is 5.91 Å². The van der Waals surface area contributed by atoms with E-state index < -0.39 is 0 Å². The molecule has 0 radical (unpaired) electrons. The maximum atomic E-state index is 12.6. The fraction of sp³-hybridized carbons (Fsp3) is 0.500. The van der Waals surface area contributed by atoms with Crippen molar-refractivity contribution in [3.8, 4) is 0 Å². The van der Waals surface area contributed by atoms with Gasteiger partial charge in [-0.15, -0.1) is 0 Å². The van der Waals surface area contributed by atoms with Gasteiger partial charge in [-0.25, -0.2) is 4.98 Å². The molecule has 4 rings (SSSR count). The molecule has 0 bridgehead atoms. The van der Waals surface area contributed by atoms with E-state index >= 15 is 0 Å². The van der Waals surface area contributed by atoms with Crippen LogP contribution in [0, 0.1) is 5.92 Å². The van der Waals surface area contributed by atoms with Crippen LogP contribution in [0.25, 0.3) is 0 Å². The second-order valence-corrected chi connectivity index (χ2v) is 8.16. The van der Waals surface area contributed by atoms with Crippen LogP contribution < -0.4 is 15.1 Å². The van der Waals surface area contributed by atoms with Crippen LogP contribution in [-0.2, 0) is 0 Å². The molecule has 2 aromatic rings. The van der Waals surface area contributed by atoms with Gasteiger partial charge in [0, 0.05) is 45.7 Å². The van der Waals surface area contributed by atoms with Crippen LogP contribution in [-0.4, -0.2) is 49.6 Å². The average Bonchev–Trinajstić information content (AvgIpc) is 3.57. The lowest BCUT2D eigenvalue weighted by Gasteiger charge is -2.33. The van der Waals surface area contributed by atoms with Crippen molar-refractivity contribution in [2.75, 3.05) is 43.5 Å². The van der Waals surface area contributed by atoms with E-state index in [1.807, 2.05) is 19.0 Å². The second-order valence-electron chi connectivity index (χ2n) is 8.16. The molecule has 0 unspecified atom stereocenters. The van der Waals surface area contributed by atoms with Crippen LogP contribution in [0.4, 0.5) is 11.8 Å². The number of nitrogens with zero attached hydrogens (tertiary/aromatic N) is 4. The lowest BCUT2D eigenvalue weighted by Crippen LogP contribution is -2.36. The van der Waals surface area contributed by atoms with Gasteiger partial charge >= 0.3 is 0 Å². The molecule has 148 valence electrons. The Morgan fingerprint density at radius 1 is 1.18 bits per heavy atom. The van der Waals surface area contributed by atoms with Crippen molar-refractivity contribution in [3.05, 3.63) is 47.7 Å². The molecule has 1 N–H and O–H groups in total. The normalized spacial score (nSPS) is 19.4. The van der Waals surface area contributed by atoms with Crippen LogP contribution in [0.3, 0.4) is 0 Å². The SMILES string of the molecule is CN(C)c1cc(C(=O)NCC2CC2)nc(N2CCC[C@H](c3ccccc3)C2)n1. The zero-order valence-electron chi connectivity index (χ0n) is 16.8. The second kappa shape index (κ2) is 8.17. The summed E-state index contributed by atoms with van der Waals surface area (Å²) < 4.78 is 0. The summed E-state index contributed by atoms with van der Waals surface area (Å²) in [5, 5.41) is 3.03. The summed E-state index contributed by atoms with van der Waals surface area (Å²) in [6.07, 6.45) is 4.70. The third-order valence-corrected chi connectivity index (χ3v) is 5.62. The van der Waals surface area contributed by atoms with E-state index in [2.05, 4.69) is 45.5 Å². The number of nitrogens with one attached hydrogen (secondary N) is 1. The van der Waals surface area contributed by atoms with E-state index in [-0.39, 0.29) is 5.91 Å².